The maximum atomic E-state index is 5.68. The molecule has 1 aromatic heterocycles. The lowest BCUT2D eigenvalue weighted by Gasteiger charge is -2.00. The van der Waals surface area contributed by atoms with Crippen LogP contribution in [0.2, 0.25) is 0 Å². The summed E-state index contributed by atoms with van der Waals surface area (Å²) < 4.78 is 1.97. The molecule has 0 spiro atoms. The quantitative estimate of drug-likeness (QED) is 0.524. The van der Waals surface area contributed by atoms with E-state index in [0.29, 0.717) is 0 Å². The summed E-state index contributed by atoms with van der Waals surface area (Å²) in [6.07, 6.45) is 0. The molecular formula is C8H13N2+. The molecular weight excluding hydrogens is 124 g/mol. The van der Waals surface area contributed by atoms with Crippen LogP contribution in [0.15, 0.2) is 12.1 Å². The Morgan fingerprint density at radius 1 is 1.30 bits per heavy atom. The van der Waals surface area contributed by atoms with Gasteiger partial charge < -0.3 is 0 Å². The van der Waals surface area contributed by atoms with Crippen molar-refractivity contribution in [3.8, 4) is 0 Å². The summed E-state index contributed by atoms with van der Waals surface area (Å²) in [5, 5.41) is 0. The van der Waals surface area contributed by atoms with E-state index < -0.39 is 0 Å². The van der Waals surface area contributed by atoms with Crippen LogP contribution in [-0.2, 0) is 7.05 Å². The Morgan fingerprint density at radius 3 is 2.40 bits per heavy atom. The van der Waals surface area contributed by atoms with Gasteiger partial charge in [0, 0.05) is 6.07 Å². The van der Waals surface area contributed by atoms with E-state index in [2.05, 4.69) is 6.07 Å². The molecule has 0 atom stereocenters. The summed E-state index contributed by atoms with van der Waals surface area (Å²) >= 11 is 0. The van der Waals surface area contributed by atoms with E-state index >= 15 is 0 Å². The summed E-state index contributed by atoms with van der Waals surface area (Å²) in [6.45, 7) is 4.09. The molecule has 0 fully saturated rings. The second-order valence-electron chi connectivity index (χ2n) is 2.66. The topological polar surface area (TPSA) is 29.9 Å². The van der Waals surface area contributed by atoms with Crippen molar-refractivity contribution in [2.24, 2.45) is 7.05 Å². The zero-order valence-corrected chi connectivity index (χ0v) is 6.68. The summed E-state index contributed by atoms with van der Waals surface area (Å²) in [5.74, 6) is 0.817. The van der Waals surface area contributed by atoms with E-state index in [0.717, 1.165) is 5.82 Å². The molecule has 0 aliphatic carbocycles. The second-order valence-corrected chi connectivity index (χ2v) is 2.66. The number of nitrogens with zero attached hydrogens (tertiary/aromatic N) is 1. The SMILES string of the molecule is Cc1cc(C)[n+](C)c(N)c1. The predicted octanol–water partition coefficient (Wildman–Crippen LogP) is 0.710. The van der Waals surface area contributed by atoms with E-state index in [1.54, 1.807) is 0 Å². The molecule has 10 heavy (non-hydrogen) atoms. The zero-order valence-electron chi connectivity index (χ0n) is 6.68. The molecule has 54 valence electrons. The van der Waals surface area contributed by atoms with Crippen molar-refractivity contribution in [2.45, 2.75) is 13.8 Å². The van der Waals surface area contributed by atoms with Crippen LogP contribution in [0.5, 0.6) is 0 Å². The van der Waals surface area contributed by atoms with Crippen LogP contribution >= 0.6 is 0 Å². The molecule has 0 bridgehead atoms. The van der Waals surface area contributed by atoms with Gasteiger partial charge in [-0.25, -0.2) is 4.57 Å². The number of pyridine rings is 1. The molecule has 0 amide bonds. The third-order valence-corrected chi connectivity index (χ3v) is 1.73. The van der Waals surface area contributed by atoms with Crippen LogP contribution in [0.4, 0.5) is 5.82 Å². The Bertz CT molecular complexity index is 230. The lowest BCUT2D eigenvalue weighted by molar-refractivity contribution is -0.663. The van der Waals surface area contributed by atoms with Gasteiger partial charge in [0.15, 0.2) is 0 Å². The lowest BCUT2D eigenvalue weighted by Crippen LogP contribution is -2.35. The molecule has 0 radical (unpaired) electrons. The standard InChI is InChI=1S/C8H12N2/c1-6-4-7(2)10(3)8(9)5-6/h4-5,9H,1-3H3/p+1. The highest BCUT2D eigenvalue weighted by Gasteiger charge is 2.02. The molecule has 0 saturated carbocycles. The highest BCUT2D eigenvalue weighted by atomic mass is 15.0. The number of aryl methyl sites for hydroxylation is 2. The van der Waals surface area contributed by atoms with Crippen molar-refractivity contribution in [1.29, 1.82) is 0 Å². The first-order chi connectivity index (χ1) is 4.61. The average Bonchev–Trinajstić information content (AvgIpc) is 1.82. The summed E-state index contributed by atoms with van der Waals surface area (Å²) in [4.78, 5) is 0. The Kier molecular flexibility index (Phi) is 1.62. The van der Waals surface area contributed by atoms with Crippen molar-refractivity contribution in [3.05, 3.63) is 23.4 Å². The number of hydrogen-bond acceptors (Lipinski definition) is 1. The second kappa shape index (κ2) is 2.29. The maximum Gasteiger partial charge on any atom is 0.272 e. The van der Waals surface area contributed by atoms with Crippen molar-refractivity contribution in [2.75, 3.05) is 5.73 Å². The summed E-state index contributed by atoms with van der Waals surface area (Å²) in [7, 11) is 1.96. The number of nitrogens with two attached hydrogens (primary N) is 1. The van der Waals surface area contributed by atoms with Gasteiger partial charge in [0.1, 0.15) is 5.69 Å². The van der Waals surface area contributed by atoms with Gasteiger partial charge in [-0.1, -0.05) is 0 Å². The zero-order chi connectivity index (χ0) is 7.72. The third kappa shape index (κ3) is 1.10. The molecule has 1 aromatic rings. The number of rotatable bonds is 0. The fraction of sp³-hybridized carbons (Fsp3) is 0.375. The van der Waals surface area contributed by atoms with E-state index in [-0.39, 0.29) is 0 Å². The van der Waals surface area contributed by atoms with Crippen LogP contribution in [-0.4, -0.2) is 0 Å². The van der Waals surface area contributed by atoms with Crippen molar-refractivity contribution in [1.82, 2.24) is 0 Å². The summed E-state index contributed by atoms with van der Waals surface area (Å²) in [5.41, 5.74) is 8.09. The van der Waals surface area contributed by atoms with Gasteiger partial charge in [-0.2, -0.15) is 0 Å². The van der Waals surface area contributed by atoms with Crippen molar-refractivity contribution >= 4 is 5.82 Å². The van der Waals surface area contributed by atoms with E-state index in [1.165, 1.54) is 11.3 Å². The monoisotopic (exact) mass is 137 g/mol. The molecule has 0 aliphatic rings. The Hall–Kier alpha value is -1.05. The van der Waals surface area contributed by atoms with Crippen LogP contribution in [0.3, 0.4) is 0 Å². The van der Waals surface area contributed by atoms with Crippen LogP contribution in [0.1, 0.15) is 11.3 Å². The molecule has 2 heteroatoms. The molecule has 1 heterocycles. The first kappa shape index (κ1) is 7.06. The van der Waals surface area contributed by atoms with Gasteiger partial charge in [-0.3, -0.25) is 5.73 Å². The normalized spacial score (nSPS) is 9.90. The highest BCUT2D eigenvalue weighted by Crippen LogP contribution is 2.01. The smallest absolute Gasteiger partial charge is 0.272 e. The van der Waals surface area contributed by atoms with Gasteiger partial charge in [-0.15, -0.1) is 0 Å². The number of hydrogen-bond donors (Lipinski definition) is 1. The molecule has 2 N–H and O–H groups in total. The Labute approximate surface area is 61.3 Å². The first-order valence-corrected chi connectivity index (χ1v) is 3.34. The van der Waals surface area contributed by atoms with Crippen LogP contribution in [0.25, 0.3) is 0 Å². The van der Waals surface area contributed by atoms with Crippen molar-refractivity contribution in [3.63, 3.8) is 0 Å². The van der Waals surface area contributed by atoms with Gasteiger partial charge >= 0.3 is 0 Å². The first-order valence-electron chi connectivity index (χ1n) is 3.34. The minimum absolute atomic E-state index is 0.817. The van der Waals surface area contributed by atoms with E-state index in [1.807, 2.05) is 31.5 Å². The largest absolute Gasteiger partial charge is 0.287 e. The lowest BCUT2D eigenvalue weighted by atomic mass is 10.2. The van der Waals surface area contributed by atoms with Crippen LogP contribution < -0.4 is 10.3 Å². The average molecular weight is 137 g/mol. The molecule has 0 aliphatic heterocycles. The molecule has 0 saturated heterocycles. The molecule has 0 aromatic carbocycles. The minimum atomic E-state index is 0.817. The number of aromatic nitrogens is 1. The van der Waals surface area contributed by atoms with Gasteiger partial charge in [0.25, 0.3) is 5.82 Å². The Morgan fingerprint density at radius 2 is 1.90 bits per heavy atom. The molecule has 0 unspecified atom stereocenters. The van der Waals surface area contributed by atoms with Gasteiger partial charge in [-0.05, 0) is 25.5 Å². The number of nitrogen functional groups attached to an aromatic ring is 1. The number of anilines is 1. The minimum Gasteiger partial charge on any atom is -0.287 e. The highest BCUT2D eigenvalue weighted by molar-refractivity contribution is 5.27. The van der Waals surface area contributed by atoms with Gasteiger partial charge in [0.05, 0.1) is 7.05 Å². The van der Waals surface area contributed by atoms with Gasteiger partial charge in [0.2, 0.25) is 0 Å². The summed E-state index contributed by atoms with van der Waals surface area (Å²) in [6, 6.07) is 4.07. The van der Waals surface area contributed by atoms with Crippen molar-refractivity contribution < 1.29 is 4.57 Å². The van der Waals surface area contributed by atoms with E-state index in [4.69, 9.17) is 5.73 Å². The Balaban J connectivity index is 3.31. The molecule has 1 rings (SSSR count). The van der Waals surface area contributed by atoms with Crippen LogP contribution in [0, 0.1) is 13.8 Å². The van der Waals surface area contributed by atoms with E-state index in [9.17, 15) is 0 Å². The third-order valence-electron chi connectivity index (χ3n) is 1.73. The maximum absolute atomic E-state index is 5.68. The predicted molar refractivity (Wildman–Crippen MR) is 41.5 cm³/mol. The fourth-order valence-electron chi connectivity index (χ4n) is 1.00. The molecule has 2 nitrogen and oxygen atoms in total. The fourth-order valence-corrected chi connectivity index (χ4v) is 1.00.